The van der Waals surface area contributed by atoms with Crippen molar-refractivity contribution in [2.24, 2.45) is 0 Å². The van der Waals surface area contributed by atoms with Crippen molar-refractivity contribution in [3.63, 3.8) is 0 Å². The molecule has 0 fully saturated rings. The molecule has 0 unspecified atom stereocenters. The molecule has 0 aliphatic carbocycles. The summed E-state index contributed by atoms with van der Waals surface area (Å²) in [7, 11) is 0. The molecule has 0 bridgehead atoms. The van der Waals surface area contributed by atoms with Gasteiger partial charge in [0.2, 0.25) is 0 Å². The minimum Gasteiger partial charge on any atom is -0.381 e. The minimum absolute atomic E-state index is 0.266. The number of H-pyrrole nitrogens is 1. The van der Waals surface area contributed by atoms with E-state index in [0.29, 0.717) is 10.4 Å². The van der Waals surface area contributed by atoms with Crippen LogP contribution in [0.1, 0.15) is 0 Å². The summed E-state index contributed by atoms with van der Waals surface area (Å²) in [5.41, 5.74) is 0.800. The van der Waals surface area contributed by atoms with E-state index in [1.54, 1.807) is 18.2 Å². The molecule has 1 N–H and O–H groups in total. The van der Waals surface area contributed by atoms with Crippen LogP contribution in [-0.2, 0) is 0 Å². The number of halogens is 1. The van der Waals surface area contributed by atoms with Crippen LogP contribution in [0.2, 0.25) is 0 Å². The number of aromatic nitrogens is 1. The lowest BCUT2D eigenvalue weighted by molar-refractivity contribution is 0.429. The van der Waals surface area contributed by atoms with Gasteiger partial charge in [0, 0.05) is 11.6 Å². The van der Waals surface area contributed by atoms with Gasteiger partial charge in [-0.15, -0.1) is 0 Å². The second-order valence-corrected chi connectivity index (χ2v) is 3.02. The Balaban J connectivity index is 2.47. The average molecular weight is 195 g/mol. The molecule has 0 aliphatic rings. The highest BCUT2D eigenvalue weighted by Gasteiger charge is 2.01. The van der Waals surface area contributed by atoms with E-state index in [4.69, 9.17) is 16.7 Å². The molecule has 0 atom stereocenters. The first kappa shape index (κ1) is 8.19. The van der Waals surface area contributed by atoms with E-state index in [-0.39, 0.29) is 5.82 Å². The Kier molecular flexibility index (Phi) is 1.98. The predicted octanol–water partition coefficient (Wildman–Crippen LogP) is 3.14. The largest absolute Gasteiger partial charge is 0.381 e. The van der Waals surface area contributed by atoms with Gasteiger partial charge in [-0.2, -0.15) is 0 Å². The Morgan fingerprint density at radius 3 is 2.46 bits per heavy atom. The van der Waals surface area contributed by atoms with Crippen molar-refractivity contribution in [1.29, 1.82) is 0 Å². The van der Waals surface area contributed by atoms with E-state index in [1.807, 2.05) is 0 Å². The molecule has 0 spiro atoms. The van der Waals surface area contributed by atoms with Crippen LogP contribution in [0.25, 0.3) is 11.3 Å². The van der Waals surface area contributed by atoms with Crippen molar-refractivity contribution in [2.45, 2.75) is 0 Å². The molecule has 0 saturated heterocycles. The van der Waals surface area contributed by atoms with Crippen molar-refractivity contribution >= 4 is 12.2 Å². The van der Waals surface area contributed by atoms with Crippen LogP contribution in [0, 0.1) is 10.5 Å². The zero-order valence-electron chi connectivity index (χ0n) is 6.58. The van der Waals surface area contributed by atoms with Crippen LogP contribution in [0.15, 0.2) is 34.9 Å². The summed E-state index contributed by atoms with van der Waals surface area (Å²) in [5.74, 6) is 0.350. The Hall–Kier alpha value is -1.42. The van der Waals surface area contributed by atoms with E-state index in [1.165, 1.54) is 12.1 Å². The zero-order valence-corrected chi connectivity index (χ0v) is 7.40. The molecule has 2 nitrogen and oxygen atoms in total. The lowest BCUT2D eigenvalue weighted by Crippen LogP contribution is -1.74. The molecule has 2 rings (SSSR count). The smallest absolute Gasteiger partial charge is 0.165 e. The van der Waals surface area contributed by atoms with Crippen molar-refractivity contribution in [1.82, 2.24) is 5.16 Å². The minimum atomic E-state index is -0.266. The summed E-state index contributed by atoms with van der Waals surface area (Å²) in [6.07, 6.45) is 0. The molecule has 66 valence electrons. The maximum absolute atomic E-state index is 12.5. The number of aromatic amines is 1. The standard InChI is InChI=1S/C9H6FNOS/c10-7-3-1-6(2-4-7)8-5-9(13)11-12-8/h1-5H,(H,11,13). The van der Waals surface area contributed by atoms with E-state index < -0.39 is 0 Å². The summed E-state index contributed by atoms with van der Waals surface area (Å²) in [4.78, 5) is 0. The third kappa shape index (κ3) is 1.67. The van der Waals surface area contributed by atoms with Crippen LogP contribution in [0.3, 0.4) is 0 Å². The van der Waals surface area contributed by atoms with Gasteiger partial charge in [-0.3, -0.25) is 0 Å². The summed E-state index contributed by atoms with van der Waals surface area (Å²) in [5, 5.41) is 2.53. The topological polar surface area (TPSA) is 28.9 Å². The van der Waals surface area contributed by atoms with Gasteiger partial charge in [-0.25, -0.2) is 9.55 Å². The van der Waals surface area contributed by atoms with E-state index >= 15 is 0 Å². The molecule has 0 radical (unpaired) electrons. The van der Waals surface area contributed by atoms with Gasteiger partial charge in [-0.05, 0) is 24.3 Å². The molecule has 2 aromatic rings. The van der Waals surface area contributed by atoms with Gasteiger partial charge in [0.25, 0.3) is 0 Å². The lowest BCUT2D eigenvalue weighted by atomic mass is 10.2. The van der Waals surface area contributed by atoms with Crippen LogP contribution in [0.5, 0.6) is 0 Å². The summed E-state index contributed by atoms with van der Waals surface area (Å²) < 4.78 is 18.1. The monoisotopic (exact) mass is 195 g/mol. The fourth-order valence-corrected chi connectivity index (χ4v) is 1.19. The second-order valence-electron chi connectivity index (χ2n) is 2.58. The van der Waals surface area contributed by atoms with Crippen molar-refractivity contribution < 1.29 is 8.91 Å². The maximum atomic E-state index is 12.5. The van der Waals surface area contributed by atoms with Crippen LogP contribution in [-0.4, -0.2) is 5.16 Å². The average Bonchev–Trinajstić information content (AvgIpc) is 2.53. The Labute approximate surface area is 79.0 Å². The molecule has 0 aliphatic heterocycles. The first-order valence-corrected chi connectivity index (χ1v) is 4.11. The van der Waals surface area contributed by atoms with Gasteiger partial charge < -0.3 is 4.52 Å². The quantitative estimate of drug-likeness (QED) is 0.708. The molecule has 1 heterocycles. The SMILES string of the molecule is Fc1ccc(-c2cc(=S)[nH]o2)cc1. The molecule has 1 aromatic heterocycles. The molecule has 1 aromatic carbocycles. The van der Waals surface area contributed by atoms with Crippen molar-refractivity contribution in [3.8, 4) is 11.3 Å². The van der Waals surface area contributed by atoms with Gasteiger partial charge in [0.15, 0.2) is 5.76 Å². The third-order valence-corrected chi connectivity index (χ3v) is 1.85. The number of nitrogens with one attached hydrogen (secondary N) is 1. The number of hydrogen-bond acceptors (Lipinski definition) is 2. The number of rotatable bonds is 1. The van der Waals surface area contributed by atoms with E-state index in [2.05, 4.69) is 5.16 Å². The molecular formula is C9H6FNOS. The molecule has 13 heavy (non-hydrogen) atoms. The van der Waals surface area contributed by atoms with Gasteiger partial charge >= 0.3 is 0 Å². The molecular weight excluding hydrogens is 189 g/mol. The molecule has 4 heteroatoms. The van der Waals surface area contributed by atoms with Crippen LogP contribution in [0.4, 0.5) is 4.39 Å². The van der Waals surface area contributed by atoms with Crippen molar-refractivity contribution in [3.05, 3.63) is 40.8 Å². The first-order valence-electron chi connectivity index (χ1n) is 3.70. The lowest BCUT2D eigenvalue weighted by Gasteiger charge is -1.93. The summed E-state index contributed by atoms with van der Waals surface area (Å²) in [6.45, 7) is 0. The predicted molar refractivity (Wildman–Crippen MR) is 49.3 cm³/mol. The van der Waals surface area contributed by atoms with Gasteiger partial charge in [0.1, 0.15) is 10.5 Å². The van der Waals surface area contributed by atoms with E-state index in [9.17, 15) is 4.39 Å². The maximum Gasteiger partial charge on any atom is 0.165 e. The zero-order chi connectivity index (χ0) is 9.26. The second kappa shape index (κ2) is 3.14. The number of hydrogen-bond donors (Lipinski definition) is 1. The summed E-state index contributed by atoms with van der Waals surface area (Å²) in [6, 6.07) is 7.71. The van der Waals surface area contributed by atoms with Gasteiger partial charge in [0.05, 0.1) is 0 Å². The summed E-state index contributed by atoms with van der Waals surface area (Å²) >= 11 is 4.84. The Morgan fingerprint density at radius 1 is 1.23 bits per heavy atom. The fourth-order valence-electron chi connectivity index (χ4n) is 1.04. The third-order valence-electron chi connectivity index (χ3n) is 1.65. The van der Waals surface area contributed by atoms with Crippen LogP contribution >= 0.6 is 12.2 Å². The molecule has 0 saturated carbocycles. The molecule has 0 amide bonds. The highest BCUT2D eigenvalue weighted by Crippen LogP contribution is 2.18. The normalized spacial score (nSPS) is 10.2. The fraction of sp³-hybridized carbons (Fsp3) is 0. The van der Waals surface area contributed by atoms with Gasteiger partial charge in [-0.1, -0.05) is 12.2 Å². The Morgan fingerprint density at radius 2 is 1.92 bits per heavy atom. The van der Waals surface area contributed by atoms with Crippen molar-refractivity contribution in [2.75, 3.05) is 0 Å². The Bertz CT molecular complexity index is 457. The number of benzene rings is 1. The van der Waals surface area contributed by atoms with Crippen LogP contribution < -0.4 is 0 Å². The first-order chi connectivity index (χ1) is 6.25. The highest BCUT2D eigenvalue weighted by atomic mass is 32.1. The highest BCUT2D eigenvalue weighted by molar-refractivity contribution is 7.71. The van der Waals surface area contributed by atoms with E-state index in [0.717, 1.165) is 5.56 Å².